The number of hydrogen-bond donors (Lipinski definition) is 1. The largest absolute Gasteiger partial charge is 0.444 e. The highest BCUT2D eigenvalue weighted by molar-refractivity contribution is 5.69. The minimum Gasteiger partial charge on any atom is -0.444 e. The van der Waals surface area contributed by atoms with Crippen molar-refractivity contribution in [1.82, 2.24) is 4.90 Å². The number of aliphatic hydroxyl groups is 1. The molecule has 0 bridgehead atoms. The van der Waals surface area contributed by atoms with Crippen molar-refractivity contribution in [2.45, 2.75) is 57.8 Å². The second kappa shape index (κ2) is 3.91. The standard InChI is InChI=1S/C12H21NO3/c1-12(2,3)16-11(15)13-5-4-8-6-9(14)7-10(8)13/h8-10,14H,4-7H2,1-3H3/t8-,9+,10+/m0/s1. The van der Waals surface area contributed by atoms with Crippen LogP contribution >= 0.6 is 0 Å². The van der Waals surface area contributed by atoms with E-state index >= 15 is 0 Å². The zero-order chi connectivity index (χ0) is 11.9. The van der Waals surface area contributed by atoms with E-state index < -0.39 is 5.60 Å². The number of hydrogen-bond acceptors (Lipinski definition) is 3. The Morgan fingerprint density at radius 1 is 1.38 bits per heavy atom. The maximum absolute atomic E-state index is 11.9. The molecule has 4 nitrogen and oxygen atoms in total. The number of ether oxygens (including phenoxy) is 1. The third kappa shape index (κ3) is 2.32. The Kier molecular flexibility index (Phi) is 2.86. The van der Waals surface area contributed by atoms with Crippen molar-refractivity contribution in [3.63, 3.8) is 0 Å². The molecule has 0 aromatic heterocycles. The molecule has 0 aromatic rings. The summed E-state index contributed by atoms with van der Waals surface area (Å²) in [5.41, 5.74) is -0.438. The van der Waals surface area contributed by atoms with Gasteiger partial charge >= 0.3 is 6.09 Å². The second-order valence-electron chi connectivity index (χ2n) is 5.92. The lowest BCUT2D eigenvalue weighted by Crippen LogP contribution is -2.40. The molecule has 2 fully saturated rings. The van der Waals surface area contributed by atoms with Crippen LogP contribution in [0.4, 0.5) is 4.79 Å². The van der Waals surface area contributed by atoms with Gasteiger partial charge in [-0.25, -0.2) is 4.79 Å². The number of rotatable bonds is 0. The summed E-state index contributed by atoms with van der Waals surface area (Å²) in [6.07, 6.45) is 2.09. The van der Waals surface area contributed by atoms with Crippen LogP contribution in [0.3, 0.4) is 0 Å². The molecule has 1 aliphatic carbocycles. The van der Waals surface area contributed by atoms with Gasteiger partial charge in [0, 0.05) is 12.6 Å². The van der Waals surface area contributed by atoms with Crippen LogP contribution in [-0.2, 0) is 4.74 Å². The summed E-state index contributed by atoms with van der Waals surface area (Å²) >= 11 is 0. The summed E-state index contributed by atoms with van der Waals surface area (Å²) < 4.78 is 5.37. The molecular formula is C12H21NO3. The Morgan fingerprint density at radius 3 is 2.69 bits per heavy atom. The molecule has 2 rings (SSSR count). The van der Waals surface area contributed by atoms with E-state index in [-0.39, 0.29) is 18.2 Å². The predicted octanol–water partition coefficient (Wildman–Crippen LogP) is 1.77. The Morgan fingerprint density at radius 2 is 2.06 bits per heavy atom. The Bertz CT molecular complexity index is 284. The van der Waals surface area contributed by atoms with Crippen molar-refractivity contribution < 1.29 is 14.6 Å². The van der Waals surface area contributed by atoms with E-state index in [1.54, 1.807) is 4.90 Å². The summed E-state index contributed by atoms with van der Waals surface area (Å²) in [5.74, 6) is 0.475. The first-order valence-corrected chi connectivity index (χ1v) is 6.04. The lowest BCUT2D eigenvalue weighted by molar-refractivity contribution is 0.0206. The second-order valence-corrected chi connectivity index (χ2v) is 5.92. The number of nitrogens with zero attached hydrogens (tertiary/aromatic N) is 1. The minimum atomic E-state index is -0.438. The summed E-state index contributed by atoms with van der Waals surface area (Å²) in [7, 11) is 0. The van der Waals surface area contributed by atoms with Crippen LogP contribution in [0.2, 0.25) is 0 Å². The molecule has 92 valence electrons. The molecule has 1 saturated carbocycles. The third-order valence-corrected chi connectivity index (χ3v) is 3.40. The molecular weight excluding hydrogens is 206 g/mol. The van der Waals surface area contributed by atoms with Gasteiger partial charge in [0.15, 0.2) is 0 Å². The van der Waals surface area contributed by atoms with Crippen LogP contribution in [-0.4, -0.2) is 40.4 Å². The fourth-order valence-electron chi connectivity index (χ4n) is 2.78. The predicted molar refractivity (Wildman–Crippen MR) is 60.1 cm³/mol. The Labute approximate surface area is 96.6 Å². The molecule has 3 atom stereocenters. The number of carbonyl (C=O) groups excluding carboxylic acids is 1. The van der Waals surface area contributed by atoms with E-state index in [2.05, 4.69) is 0 Å². The fraction of sp³-hybridized carbons (Fsp3) is 0.917. The SMILES string of the molecule is CC(C)(C)OC(=O)N1CC[C@H]2C[C@@H](O)C[C@H]21. The first-order valence-electron chi connectivity index (χ1n) is 6.04. The highest BCUT2D eigenvalue weighted by Crippen LogP contribution is 2.38. The van der Waals surface area contributed by atoms with Gasteiger partial charge in [0.2, 0.25) is 0 Å². The number of likely N-dealkylation sites (tertiary alicyclic amines) is 1. The average Bonchev–Trinajstić information content (AvgIpc) is 2.58. The molecule has 1 amide bonds. The van der Waals surface area contributed by atoms with Crippen LogP contribution < -0.4 is 0 Å². The van der Waals surface area contributed by atoms with Crippen molar-refractivity contribution in [1.29, 1.82) is 0 Å². The van der Waals surface area contributed by atoms with Gasteiger partial charge in [0.25, 0.3) is 0 Å². The Balaban J connectivity index is 1.98. The van der Waals surface area contributed by atoms with Gasteiger partial charge in [0.1, 0.15) is 5.60 Å². The van der Waals surface area contributed by atoms with E-state index in [4.69, 9.17) is 4.74 Å². The van der Waals surface area contributed by atoms with Crippen molar-refractivity contribution >= 4 is 6.09 Å². The van der Waals surface area contributed by atoms with Crippen LogP contribution in [0.1, 0.15) is 40.0 Å². The maximum atomic E-state index is 11.9. The van der Waals surface area contributed by atoms with Crippen LogP contribution in [0.25, 0.3) is 0 Å². The van der Waals surface area contributed by atoms with Crippen molar-refractivity contribution in [2.75, 3.05) is 6.54 Å². The van der Waals surface area contributed by atoms with Gasteiger partial charge in [-0.2, -0.15) is 0 Å². The molecule has 1 N–H and O–H groups in total. The molecule has 0 unspecified atom stereocenters. The van der Waals surface area contributed by atoms with Gasteiger partial charge in [-0.15, -0.1) is 0 Å². The molecule has 4 heteroatoms. The lowest BCUT2D eigenvalue weighted by atomic mass is 10.0. The number of amides is 1. The van der Waals surface area contributed by atoms with Gasteiger partial charge < -0.3 is 14.7 Å². The van der Waals surface area contributed by atoms with Gasteiger partial charge in [-0.3, -0.25) is 0 Å². The summed E-state index contributed by atoms with van der Waals surface area (Å²) in [6.45, 7) is 6.41. The quantitative estimate of drug-likeness (QED) is 0.686. The van der Waals surface area contributed by atoms with Crippen LogP contribution in [0.5, 0.6) is 0 Å². The zero-order valence-electron chi connectivity index (χ0n) is 10.3. The number of carbonyl (C=O) groups is 1. The minimum absolute atomic E-state index is 0.199. The van der Waals surface area contributed by atoms with Crippen molar-refractivity contribution in [2.24, 2.45) is 5.92 Å². The monoisotopic (exact) mass is 227 g/mol. The van der Waals surface area contributed by atoms with Gasteiger partial charge in [-0.05, 0) is 46.0 Å². The molecule has 1 aliphatic heterocycles. The first-order chi connectivity index (χ1) is 7.37. The molecule has 0 spiro atoms. The Hall–Kier alpha value is -0.770. The van der Waals surface area contributed by atoms with E-state index in [0.29, 0.717) is 12.3 Å². The third-order valence-electron chi connectivity index (χ3n) is 3.40. The molecule has 2 aliphatic rings. The normalized spacial score (nSPS) is 34.0. The smallest absolute Gasteiger partial charge is 0.410 e. The molecule has 1 heterocycles. The van der Waals surface area contributed by atoms with Crippen molar-refractivity contribution in [3.05, 3.63) is 0 Å². The lowest BCUT2D eigenvalue weighted by Gasteiger charge is -2.28. The zero-order valence-corrected chi connectivity index (χ0v) is 10.3. The van der Waals surface area contributed by atoms with Crippen LogP contribution in [0, 0.1) is 5.92 Å². The highest BCUT2D eigenvalue weighted by Gasteiger charge is 2.44. The van der Waals surface area contributed by atoms with Crippen LogP contribution in [0.15, 0.2) is 0 Å². The summed E-state index contributed by atoms with van der Waals surface area (Å²) in [6, 6.07) is 0.199. The van der Waals surface area contributed by atoms with E-state index in [1.165, 1.54) is 0 Å². The topological polar surface area (TPSA) is 49.8 Å². The fourth-order valence-corrected chi connectivity index (χ4v) is 2.78. The van der Waals surface area contributed by atoms with E-state index in [0.717, 1.165) is 19.4 Å². The highest BCUT2D eigenvalue weighted by atomic mass is 16.6. The van der Waals surface area contributed by atoms with Gasteiger partial charge in [0.05, 0.1) is 6.10 Å². The van der Waals surface area contributed by atoms with Gasteiger partial charge in [-0.1, -0.05) is 0 Å². The molecule has 0 radical (unpaired) electrons. The summed E-state index contributed by atoms with van der Waals surface area (Å²) in [4.78, 5) is 13.7. The molecule has 1 saturated heterocycles. The molecule has 16 heavy (non-hydrogen) atoms. The number of fused-ring (bicyclic) bond motifs is 1. The van der Waals surface area contributed by atoms with E-state index in [1.807, 2.05) is 20.8 Å². The summed E-state index contributed by atoms with van der Waals surface area (Å²) in [5, 5.41) is 9.59. The molecule has 0 aromatic carbocycles. The maximum Gasteiger partial charge on any atom is 0.410 e. The first kappa shape index (κ1) is 11.7. The average molecular weight is 227 g/mol. The number of aliphatic hydroxyl groups excluding tert-OH is 1. The van der Waals surface area contributed by atoms with E-state index in [9.17, 15) is 9.90 Å². The van der Waals surface area contributed by atoms with Crippen molar-refractivity contribution in [3.8, 4) is 0 Å².